The SMILES string of the molecule is C[S@@](=O)(=Nc1ccc(-c2ccc(-c3nc4cc(O[C@@H]5CO[C@H]6[C@@H]5OC[C@H]6O)[nH]c4cc3F)cc2)cc1)c1ccccc1. The molecule has 3 aromatic carbocycles. The number of rotatable bonds is 6. The second kappa shape index (κ2) is 10.6. The first kappa shape index (κ1) is 26.8. The van der Waals surface area contributed by atoms with Gasteiger partial charge < -0.3 is 24.3 Å². The third-order valence-corrected chi connectivity index (χ3v) is 9.32. The monoisotopic (exact) mass is 585 g/mol. The van der Waals surface area contributed by atoms with Crippen LogP contribution in [0.3, 0.4) is 0 Å². The molecule has 2 aliphatic rings. The van der Waals surface area contributed by atoms with Gasteiger partial charge in [0.2, 0.25) is 0 Å². The van der Waals surface area contributed by atoms with Crippen molar-refractivity contribution in [2.24, 2.45) is 4.36 Å². The minimum absolute atomic E-state index is 0.217. The van der Waals surface area contributed by atoms with E-state index in [1.807, 2.05) is 78.9 Å². The van der Waals surface area contributed by atoms with E-state index in [4.69, 9.17) is 14.2 Å². The van der Waals surface area contributed by atoms with Crippen LogP contribution in [0.4, 0.5) is 10.1 Å². The molecule has 0 unspecified atom stereocenters. The Hall–Kier alpha value is -4.09. The van der Waals surface area contributed by atoms with Gasteiger partial charge in [0.15, 0.2) is 17.8 Å². The van der Waals surface area contributed by atoms with E-state index < -0.39 is 27.8 Å². The van der Waals surface area contributed by atoms with E-state index in [1.165, 1.54) is 6.07 Å². The Morgan fingerprint density at radius 2 is 1.60 bits per heavy atom. The Morgan fingerprint density at radius 1 is 0.929 bits per heavy atom. The zero-order chi connectivity index (χ0) is 28.8. The van der Waals surface area contributed by atoms with E-state index in [1.54, 1.807) is 12.3 Å². The van der Waals surface area contributed by atoms with Crippen molar-refractivity contribution in [2.75, 3.05) is 19.5 Å². The third-order valence-electron chi connectivity index (χ3n) is 7.61. The summed E-state index contributed by atoms with van der Waals surface area (Å²) in [6.45, 7) is 0.514. The summed E-state index contributed by atoms with van der Waals surface area (Å²) in [6, 6.07) is 27.4. The molecule has 0 bridgehead atoms. The highest BCUT2D eigenvalue weighted by Crippen LogP contribution is 2.33. The molecule has 4 heterocycles. The summed E-state index contributed by atoms with van der Waals surface area (Å²) in [5.41, 5.74) is 4.49. The molecule has 10 heteroatoms. The van der Waals surface area contributed by atoms with Gasteiger partial charge in [0.1, 0.15) is 24.0 Å². The fourth-order valence-corrected chi connectivity index (χ4v) is 6.73. The van der Waals surface area contributed by atoms with Gasteiger partial charge >= 0.3 is 0 Å². The summed E-state index contributed by atoms with van der Waals surface area (Å²) in [4.78, 5) is 8.32. The summed E-state index contributed by atoms with van der Waals surface area (Å²) in [6.07, 6.45) is -0.150. The number of pyridine rings is 1. The molecular weight excluding hydrogens is 557 g/mol. The fourth-order valence-electron chi connectivity index (χ4n) is 5.44. The summed E-state index contributed by atoms with van der Waals surface area (Å²) in [5, 5.41) is 9.95. The van der Waals surface area contributed by atoms with Gasteiger partial charge in [-0.1, -0.05) is 54.6 Å². The molecule has 2 N–H and O–H groups in total. The lowest BCUT2D eigenvalue weighted by molar-refractivity contribution is 0.00794. The van der Waals surface area contributed by atoms with Crippen LogP contribution in [-0.2, 0) is 19.2 Å². The molecule has 5 atom stereocenters. The molecule has 2 fully saturated rings. The van der Waals surface area contributed by atoms with Gasteiger partial charge in [-0.15, -0.1) is 0 Å². The van der Waals surface area contributed by atoms with Gasteiger partial charge in [-0.2, -0.15) is 4.36 Å². The van der Waals surface area contributed by atoms with Crippen molar-refractivity contribution in [2.45, 2.75) is 29.3 Å². The quantitative estimate of drug-likeness (QED) is 0.264. The van der Waals surface area contributed by atoms with Crippen LogP contribution in [0.5, 0.6) is 5.88 Å². The number of hydrogen-bond donors (Lipinski definition) is 2. The van der Waals surface area contributed by atoms with Crippen molar-refractivity contribution in [3.63, 3.8) is 0 Å². The number of nitrogens with zero attached hydrogens (tertiary/aromatic N) is 2. The minimum atomic E-state index is -2.55. The first-order valence-electron chi connectivity index (χ1n) is 13.6. The molecule has 7 rings (SSSR count). The lowest BCUT2D eigenvalue weighted by Gasteiger charge is -2.16. The van der Waals surface area contributed by atoms with Crippen molar-refractivity contribution in [1.82, 2.24) is 9.97 Å². The number of aliphatic hydroxyl groups is 1. The number of nitrogens with one attached hydrogen (secondary N) is 1. The predicted octanol–water partition coefficient (Wildman–Crippen LogP) is 5.73. The third kappa shape index (κ3) is 5.07. The second-order valence-electron chi connectivity index (χ2n) is 10.5. The molecule has 2 aliphatic heterocycles. The maximum Gasteiger partial charge on any atom is 0.193 e. The van der Waals surface area contributed by atoms with Crippen LogP contribution >= 0.6 is 0 Å². The van der Waals surface area contributed by atoms with Gasteiger partial charge in [-0.05, 0) is 35.4 Å². The first-order chi connectivity index (χ1) is 20.3. The number of aromatic amines is 1. The lowest BCUT2D eigenvalue weighted by Crippen LogP contribution is -2.34. The number of fused-ring (bicyclic) bond motifs is 2. The van der Waals surface area contributed by atoms with E-state index in [0.29, 0.717) is 39.7 Å². The highest BCUT2D eigenvalue weighted by Gasteiger charge is 2.48. The average Bonchev–Trinajstić information content (AvgIpc) is 3.70. The average molecular weight is 586 g/mol. The van der Waals surface area contributed by atoms with Crippen LogP contribution < -0.4 is 4.74 Å². The summed E-state index contributed by atoms with van der Waals surface area (Å²) in [5.74, 6) is -0.0239. The van der Waals surface area contributed by atoms with Gasteiger partial charge in [0.05, 0.1) is 39.7 Å². The van der Waals surface area contributed by atoms with Crippen LogP contribution in [0, 0.1) is 5.82 Å². The molecule has 2 aromatic heterocycles. The highest BCUT2D eigenvalue weighted by molar-refractivity contribution is 7.93. The molecule has 0 aliphatic carbocycles. The minimum Gasteiger partial charge on any atom is -0.470 e. The Bertz CT molecular complexity index is 1870. The molecule has 0 amide bonds. The van der Waals surface area contributed by atoms with Crippen molar-refractivity contribution < 1.29 is 27.9 Å². The van der Waals surface area contributed by atoms with Crippen molar-refractivity contribution in [3.8, 4) is 28.3 Å². The molecule has 214 valence electrons. The maximum absolute atomic E-state index is 15.1. The van der Waals surface area contributed by atoms with E-state index in [9.17, 15) is 9.32 Å². The highest BCUT2D eigenvalue weighted by atomic mass is 32.2. The molecule has 0 radical (unpaired) electrons. The summed E-state index contributed by atoms with van der Waals surface area (Å²) in [7, 11) is -2.55. The Morgan fingerprint density at radius 3 is 2.33 bits per heavy atom. The molecule has 0 spiro atoms. The number of benzene rings is 3. The van der Waals surface area contributed by atoms with Gasteiger partial charge in [0.25, 0.3) is 0 Å². The number of ether oxygens (including phenoxy) is 3. The number of hydrogen-bond acceptors (Lipinski definition) is 7. The number of halogens is 1. The second-order valence-corrected chi connectivity index (χ2v) is 12.8. The van der Waals surface area contributed by atoms with E-state index >= 15 is 4.39 Å². The normalized spacial score (nSPS) is 23.0. The predicted molar refractivity (Wildman–Crippen MR) is 158 cm³/mol. The van der Waals surface area contributed by atoms with Gasteiger partial charge in [0, 0.05) is 28.8 Å². The molecule has 8 nitrogen and oxygen atoms in total. The Balaban J connectivity index is 1.09. The molecule has 5 aromatic rings. The standard InChI is InChI=1S/C32H28FN3O5S/c1-42(38,23-5-3-2-4-6-23)36-22-13-11-20(12-14-22)19-7-9-21(10-8-19)30-24(33)15-25-26(35-30)16-29(34-25)41-28-18-40-31-27(37)17-39-32(28)31/h2-16,27-28,31-32,34,37H,17-18H2,1H3/t27-,28-,31-,32-,42+/m1/s1. The smallest absolute Gasteiger partial charge is 0.193 e. The van der Waals surface area contributed by atoms with Crippen LogP contribution in [0.15, 0.2) is 100 Å². The zero-order valence-electron chi connectivity index (χ0n) is 22.6. The largest absolute Gasteiger partial charge is 0.470 e. The number of aliphatic hydroxyl groups excluding tert-OH is 1. The van der Waals surface area contributed by atoms with Crippen molar-refractivity contribution in [3.05, 3.63) is 96.8 Å². The van der Waals surface area contributed by atoms with E-state index in [-0.39, 0.29) is 24.5 Å². The van der Waals surface area contributed by atoms with Crippen LogP contribution in [0.25, 0.3) is 33.4 Å². The number of H-pyrrole nitrogens is 1. The van der Waals surface area contributed by atoms with Crippen molar-refractivity contribution in [1.29, 1.82) is 0 Å². The molecule has 2 saturated heterocycles. The first-order valence-corrected chi connectivity index (χ1v) is 15.5. The maximum atomic E-state index is 15.1. The Kier molecular flexibility index (Phi) is 6.78. The molecule has 42 heavy (non-hydrogen) atoms. The van der Waals surface area contributed by atoms with Crippen LogP contribution in [-0.4, -0.2) is 63.2 Å². The van der Waals surface area contributed by atoms with Crippen LogP contribution in [0.1, 0.15) is 0 Å². The topological polar surface area (TPSA) is 106 Å². The van der Waals surface area contributed by atoms with Gasteiger partial charge in [-0.3, -0.25) is 0 Å². The van der Waals surface area contributed by atoms with Crippen LogP contribution in [0.2, 0.25) is 0 Å². The summed E-state index contributed by atoms with van der Waals surface area (Å²) >= 11 is 0. The summed E-state index contributed by atoms with van der Waals surface area (Å²) < 4.78 is 50.0. The zero-order valence-corrected chi connectivity index (χ0v) is 23.5. The lowest BCUT2D eigenvalue weighted by atomic mass is 10.0. The van der Waals surface area contributed by atoms with Gasteiger partial charge in [-0.25, -0.2) is 13.6 Å². The molecular formula is C32H28FN3O5S. The fraction of sp³-hybridized carbons (Fsp3) is 0.219. The number of aromatic nitrogens is 2. The van der Waals surface area contributed by atoms with E-state index in [0.717, 1.165) is 11.1 Å². The Labute approximate surface area is 242 Å². The van der Waals surface area contributed by atoms with Crippen molar-refractivity contribution >= 4 is 26.4 Å². The van der Waals surface area contributed by atoms with E-state index in [2.05, 4.69) is 14.3 Å². The molecule has 0 saturated carbocycles.